The highest BCUT2D eigenvalue weighted by Gasteiger charge is 2.16. The van der Waals surface area contributed by atoms with Crippen molar-refractivity contribution in [3.63, 3.8) is 0 Å². The molecular weight excluding hydrogens is 394 g/mol. The maximum absolute atomic E-state index is 5.43. The molecule has 5 rings (SSSR count). The molecule has 0 radical (unpaired) electrons. The van der Waals surface area contributed by atoms with Crippen LogP contribution in [-0.2, 0) is 25.6 Å². The number of aromatic nitrogens is 5. The fourth-order valence-electron chi connectivity index (χ4n) is 3.82. The average molecular weight is 418 g/mol. The van der Waals surface area contributed by atoms with E-state index in [2.05, 4.69) is 45.5 Å². The highest BCUT2D eigenvalue weighted by Crippen LogP contribution is 2.29. The first kappa shape index (κ1) is 19.1. The van der Waals surface area contributed by atoms with Crippen molar-refractivity contribution in [2.75, 3.05) is 0 Å². The van der Waals surface area contributed by atoms with Crippen molar-refractivity contribution in [3.8, 4) is 22.8 Å². The van der Waals surface area contributed by atoms with Crippen LogP contribution in [0.25, 0.3) is 22.8 Å². The molecule has 0 saturated heterocycles. The Bertz CT molecular complexity index is 1180. The van der Waals surface area contributed by atoms with Crippen LogP contribution in [0.3, 0.4) is 0 Å². The second-order valence-corrected chi connectivity index (χ2v) is 8.66. The van der Waals surface area contributed by atoms with Crippen molar-refractivity contribution in [2.45, 2.75) is 43.5 Å². The van der Waals surface area contributed by atoms with Gasteiger partial charge in [-0.15, -0.1) is 10.2 Å². The smallest absolute Gasteiger partial charge is 0.237 e. The number of thioether (sulfide) groups is 1. The summed E-state index contributed by atoms with van der Waals surface area (Å²) in [6.45, 7) is 2.06. The van der Waals surface area contributed by atoms with E-state index in [-0.39, 0.29) is 0 Å². The van der Waals surface area contributed by atoms with Crippen LogP contribution in [0.5, 0.6) is 0 Å². The van der Waals surface area contributed by atoms with Crippen molar-refractivity contribution in [2.24, 2.45) is 7.05 Å². The standard InChI is InChI=1S/C23H23N5OS/c1-15-7-9-17(10-8-15)21-24-20(29-27-21)14-30-23-26-25-22(28(23)2)19-12-11-16-5-3-4-6-18(16)13-19/h7-13H,3-6,14H2,1-2H3. The maximum atomic E-state index is 5.43. The molecule has 7 heteroatoms. The summed E-state index contributed by atoms with van der Waals surface area (Å²) >= 11 is 1.55. The Morgan fingerprint density at radius 3 is 2.57 bits per heavy atom. The molecule has 2 aromatic carbocycles. The minimum Gasteiger partial charge on any atom is -0.338 e. The van der Waals surface area contributed by atoms with Crippen molar-refractivity contribution < 1.29 is 4.52 Å². The summed E-state index contributed by atoms with van der Waals surface area (Å²) in [6.07, 6.45) is 4.90. The molecule has 2 aromatic heterocycles. The summed E-state index contributed by atoms with van der Waals surface area (Å²) in [7, 11) is 2.00. The van der Waals surface area contributed by atoms with Crippen LogP contribution in [0.1, 0.15) is 35.4 Å². The topological polar surface area (TPSA) is 69.6 Å². The molecule has 1 aliphatic carbocycles. The number of rotatable bonds is 5. The molecule has 0 N–H and O–H groups in total. The maximum Gasteiger partial charge on any atom is 0.237 e. The molecule has 0 bridgehead atoms. The van der Waals surface area contributed by atoms with Crippen LogP contribution in [0.4, 0.5) is 0 Å². The molecule has 0 atom stereocenters. The summed E-state index contributed by atoms with van der Waals surface area (Å²) in [5.41, 5.74) is 6.20. The van der Waals surface area contributed by atoms with E-state index in [0.29, 0.717) is 17.5 Å². The largest absolute Gasteiger partial charge is 0.338 e. The Kier molecular flexibility index (Phi) is 5.12. The molecule has 1 aliphatic rings. The number of benzene rings is 2. The molecule has 0 unspecified atom stereocenters. The fraction of sp³-hybridized carbons (Fsp3) is 0.304. The predicted octanol–water partition coefficient (Wildman–Crippen LogP) is 5.01. The zero-order chi connectivity index (χ0) is 20.5. The van der Waals surface area contributed by atoms with E-state index in [0.717, 1.165) is 28.5 Å². The van der Waals surface area contributed by atoms with Crippen LogP contribution in [0, 0.1) is 6.92 Å². The van der Waals surface area contributed by atoms with Gasteiger partial charge in [0.15, 0.2) is 11.0 Å². The van der Waals surface area contributed by atoms with Crippen LogP contribution in [0.15, 0.2) is 52.1 Å². The lowest BCUT2D eigenvalue weighted by atomic mass is 9.90. The first-order chi connectivity index (χ1) is 14.7. The molecule has 4 aromatic rings. The number of fused-ring (bicyclic) bond motifs is 1. The van der Waals surface area contributed by atoms with Crippen LogP contribution in [0.2, 0.25) is 0 Å². The van der Waals surface area contributed by atoms with Gasteiger partial charge in [0.05, 0.1) is 5.75 Å². The van der Waals surface area contributed by atoms with Crippen LogP contribution in [-0.4, -0.2) is 24.9 Å². The Hall–Kier alpha value is -2.93. The average Bonchev–Trinajstić information content (AvgIpc) is 3.39. The van der Waals surface area contributed by atoms with Crippen molar-refractivity contribution in [1.82, 2.24) is 24.9 Å². The van der Waals surface area contributed by atoms with Crippen molar-refractivity contribution >= 4 is 11.8 Å². The lowest BCUT2D eigenvalue weighted by Crippen LogP contribution is -2.03. The van der Waals surface area contributed by atoms with Crippen LogP contribution >= 0.6 is 11.8 Å². The van der Waals surface area contributed by atoms with Crippen molar-refractivity contribution in [1.29, 1.82) is 0 Å². The first-order valence-corrected chi connectivity index (χ1v) is 11.2. The molecular formula is C23H23N5OS. The summed E-state index contributed by atoms with van der Waals surface area (Å²) in [4.78, 5) is 4.51. The van der Waals surface area contributed by atoms with Crippen molar-refractivity contribution in [3.05, 3.63) is 65.0 Å². The lowest BCUT2D eigenvalue weighted by Gasteiger charge is -2.16. The minimum absolute atomic E-state index is 0.551. The minimum atomic E-state index is 0.551. The SMILES string of the molecule is Cc1ccc(-c2noc(CSc3nnc(-c4ccc5c(c4)CCCC5)n3C)n2)cc1. The summed E-state index contributed by atoms with van der Waals surface area (Å²) in [5.74, 6) is 2.62. The van der Waals surface area contributed by atoms with E-state index < -0.39 is 0 Å². The molecule has 0 aliphatic heterocycles. The predicted molar refractivity (Wildman–Crippen MR) is 117 cm³/mol. The van der Waals surface area contributed by atoms with Gasteiger partial charge < -0.3 is 9.09 Å². The first-order valence-electron chi connectivity index (χ1n) is 10.2. The Balaban J connectivity index is 1.30. The summed E-state index contributed by atoms with van der Waals surface area (Å²) in [5, 5.41) is 13.7. The van der Waals surface area contributed by atoms with Gasteiger partial charge in [-0.25, -0.2) is 0 Å². The van der Waals surface area contributed by atoms with Gasteiger partial charge in [0.1, 0.15) is 0 Å². The van der Waals surface area contributed by atoms with E-state index in [1.807, 2.05) is 35.9 Å². The van der Waals surface area contributed by atoms with Crippen LogP contribution < -0.4 is 0 Å². The van der Waals surface area contributed by atoms with Gasteiger partial charge in [-0.3, -0.25) is 0 Å². The highest BCUT2D eigenvalue weighted by molar-refractivity contribution is 7.98. The highest BCUT2D eigenvalue weighted by atomic mass is 32.2. The number of hydrogen-bond acceptors (Lipinski definition) is 6. The second-order valence-electron chi connectivity index (χ2n) is 7.72. The third-order valence-electron chi connectivity index (χ3n) is 5.54. The van der Waals surface area contributed by atoms with Gasteiger partial charge in [0.25, 0.3) is 0 Å². The summed E-state index contributed by atoms with van der Waals surface area (Å²) < 4.78 is 7.46. The molecule has 152 valence electrons. The third-order valence-corrected chi connectivity index (χ3v) is 6.55. The van der Waals surface area contributed by atoms with E-state index >= 15 is 0 Å². The zero-order valence-corrected chi connectivity index (χ0v) is 17.9. The lowest BCUT2D eigenvalue weighted by molar-refractivity contribution is 0.391. The van der Waals surface area contributed by atoms with Gasteiger partial charge >= 0.3 is 0 Å². The van der Waals surface area contributed by atoms with E-state index in [1.165, 1.54) is 36.0 Å². The molecule has 0 spiro atoms. The fourth-order valence-corrected chi connectivity index (χ4v) is 4.57. The quantitative estimate of drug-likeness (QED) is 0.425. The molecule has 6 nitrogen and oxygen atoms in total. The normalized spacial score (nSPS) is 13.4. The Labute approximate surface area is 179 Å². The Morgan fingerprint density at radius 2 is 1.73 bits per heavy atom. The van der Waals surface area contributed by atoms with Gasteiger partial charge in [0.2, 0.25) is 11.7 Å². The van der Waals surface area contributed by atoms with Gasteiger partial charge in [-0.05, 0) is 49.8 Å². The molecule has 0 saturated carbocycles. The Morgan fingerprint density at radius 1 is 0.967 bits per heavy atom. The second kappa shape index (κ2) is 8.07. The number of aryl methyl sites for hydroxylation is 3. The van der Waals surface area contributed by atoms with Gasteiger partial charge in [-0.1, -0.05) is 58.9 Å². The van der Waals surface area contributed by atoms with Gasteiger partial charge in [0, 0.05) is 18.2 Å². The van der Waals surface area contributed by atoms with E-state index in [1.54, 1.807) is 11.8 Å². The van der Waals surface area contributed by atoms with Gasteiger partial charge in [-0.2, -0.15) is 4.98 Å². The molecule has 0 fully saturated rings. The monoisotopic (exact) mass is 417 g/mol. The summed E-state index contributed by atoms with van der Waals surface area (Å²) in [6, 6.07) is 14.8. The molecule has 0 amide bonds. The third kappa shape index (κ3) is 3.77. The zero-order valence-electron chi connectivity index (χ0n) is 17.1. The number of nitrogens with zero attached hydrogens (tertiary/aromatic N) is 5. The number of hydrogen-bond donors (Lipinski definition) is 0. The van der Waals surface area contributed by atoms with E-state index in [9.17, 15) is 0 Å². The molecule has 2 heterocycles. The van der Waals surface area contributed by atoms with E-state index in [4.69, 9.17) is 4.52 Å². The molecule has 30 heavy (non-hydrogen) atoms.